The van der Waals surface area contributed by atoms with Crippen LogP contribution < -0.4 is 4.90 Å². The second-order valence-corrected chi connectivity index (χ2v) is 4.97. The zero-order chi connectivity index (χ0) is 13.9. The molecule has 1 rings (SSSR count). The summed E-state index contributed by atoms with van der Waals surface area (Å²) in [5, 5.41) is 8.72. The number of hydrogen-bond acceptors (Lipinski definition) is 2. The highest BCUT2D eigenvalue weighted by atomic mass is 79.9. The van der Waals surface area contributed by atoms with Crippen molar-refractivity contribution in [1.82, 2.24) is 0 Å². The smallest absolute Gasteiger partial charge is 0.359 e. The zero-order valence-corrected chi connectivity index (χ0v) is 11.5. The van der Waals surface area contributed by atoms with E-state index in [-0.39, 0.29) is 6.04 Å². The van der Waals surface area contributed by atoms with E-state index in [0.29, 0.717) is 15.7 Å². The minimum absolute atomic E-state index is 0.295. The Morgan fingerprint density at radius 3 is 2.39 bits per heavy atom. The lowest BCUT2D eigenvalue weighted by atomic mass is 10.2. The average Bonchev–Trinajstić information content (AvgIpc) is 2.24. The highest BCUT2D eigenvalue weighted by Crippen LogP contribution is 2.31. The Bertz CT molecular complexity index is 463. The first-order valence-electron chi connectivity index (χ1n) is 5.27. The standard InChI is InChI=1S/C12H12BrF3N2/c1-8(2)18(7-12(14,15)16)11-4-3-9(6-17)5-10(11)13/h3-5,8H,7H2,1-2H3. The van der Waals surface area contributed by atoms with Gasteiger partial charge in [0, 0.05) is 10.5 Å². The molecule has 1 aromatic rings. The molecule has 0 atom stereocenters. The second-order valence-electron chi connectivity index (χ2n) is 4.11. The highest BCUT2D eigenvalue weighted by molar-refractivity contribution is 9.10. The number of benzene rings is 1. The molecule has 0 amide bonds. The summed E-state index contributed by atoms with van der Waals surface area (Å²) in [4.78, 5) is 1.24. The lowest BCUT2D eigenvalue weighted by molar-refractivity contribution is -0.120. The van der Waals surface area contributed by atoms with Gasteiger partial charge >= 0.3 is 6.18 Å². The van der Waals surface area contributed by atoms with Gasteiger partial charge in [0.25, 0.3) is 0 Å². The fourth-order valence-corrected chi connectivity index (χ4v) is 2.15. The molecule has 1 aromatic carbocycles. The molecule has 0 spiro atoms. The first-order valence-corrected chi connectivity index (χ1v) is 6.07. The summed E-state index contributed by atoms with van der Waals surface area (Å²) in [5.41, 5.74) is 0.836. The van der Waals surface area contributed by atoms with Gasteiger partial charge in [0.1, 0.15) is 6.54 Å². The summed E-state index contributed by atoms with van der Waals surface area (Å²) in [6, 6.07) is 6.19. The lowest BCUT2D eigenvalue weighted by Gasteiger charge is -2.30. The quantitative estimate of drug-likeness (QED) is 0.838. The maximum Gasteiger partial charge on any atom is 0.405 e. The summed E-state index contributed by atoms with van der Waals surface area (Å²) >= 11 is 3.20. The average molecular weight is 321 g/mol. The fourth-order valence-electron chi connectivity index (χ4n) is 1.55. The molecule has 0 heterocycles. The van der Waals surface area contributed by atoms with E-state index in [4.69, 9.17) is 5.26 Å². The van der Waals surface area contributed by atoms with Crippen LogP contribution in [0.15, 0.2) is 22.7 Å². The molecule has 2 nitrogen and oxygen atoms in total. The van der Waals surface area contributed by atoms with Gasteiger partial charge in [0.2, 0.25) is 0 Å². The third-order valence-electron chi connectivity index (χ3n) is 2.36. The summed E-state index contributed by atoms with van der Waals surface area (Å²) in [5.74, 6) is 0. The Labute approximate surface area is 112 Å². The fraction of sp³-hybridized carbons (Fsp3) is 0.417. The maximum atomic E-state index is 12.5. The Hall–Kier alpha value is -1.22. The van der Waals surface area contributed by atoms with Crippen LogP contribution in [0, 0.1) is 11.3 Å². The molecule has 98 valence electrons. The number of halogens is 4. The van der Waals surface area contributed by atoms with E-state index >= 15 is 0 Å². The third kappa shape index (κ3) is 3.91. The highest BCUT2D eigenvalue weighted by Gasteiger charge is 2.32. The zero-order valence-electron chi connectivity index (χ0n) is 9.92. The Morgan fingerprint density at radius 1 is 1.39 bits per heavy atom. The number of nitriles is 1. The van der Waals surface area contributed by atoms with Gasteiger partial charge in [0.15, 0.2) is 0 Å². The number of anilines is 1. The molecular weight excluding hydrogens is 309 g/mol. The molecular formula is C12H12BrF3N2. The molecule has 0 unspecified atom stereocenters. The van der Waals surface area contributed by atoms with Gasteiger partial charge in [0.05, 0.1) is 17.3 Å². The summed E-state index contributed by atoms with van der Waals surface area (Å²) in [7, 11) is 0. The van der Waals surface area contributed by atoms with E-state index < -0.39 is 12.7 Å². The minimum atomic E-state index is -4.27. The van der Waals surface area contributed by atoms with Gasteiger partial charge in [-0.25, -0.2) is 0 Å². The van der Waals surface area contributed by atoms with E-state index in [1.165, 1.54) is 23.1 Å². The maximum absolute atomic E-state index is 12.5. The van der Waals surface area contributed by atoms with Gasteiger partial charge in [-0.05, 0) is 48.0 Å². The van der Waals surface area contributed by atoms with Gasteiger partial charge in [-0.1, -0.05) is 0 Å². The molecule has 0 saturated carbocycles. The third-order valence-corrected chi connectivity index (χ3v) is 2.99. The number of nitrogens with zero attached hydrogens (tertiary/aromatic N) is 2. The molecule has 0 aromatic heterocycles. The molecule has 0 N–H and O–H groups in total. The summed E-state index contributed by atoms with van der Waals surface area (Å²) < 4.78 is 38.0. The monoisotopic (exact) mass is 320 g/mol. The van der Waals surface area contributed by atoms with Gasteiger partial charge < -0.3 is 4.90 Å². The predicted octanol–water partition coefficient (Wildman–Crippen LogP) is 4.10. The van der Waals surface area contributed by atoms with Crippen LogP contribution in [-0.2, 0) is 0 Å². The van der Waals surface area contributed by atoms with Crippen LogP contribution in [0.5, 0.6) is 0 Å². The molecule has 6 heteroatoms. The SMILES string of the molecule is CC(C)N(CC(F)(F)F)c1ccc(C#N)cc1Br. The van der Waals surface area contributed by atoms with Crippen LogP contribution in [0.1, 0.15) is 19.4 Å². The van der Waals surface area contributed by atoms with Crippen LogP contribution >= 0.6 is 15.9 Å². The lowest BCUT2D eigenvalue weighted by Crippen LogP contribution is -2.39. The van der Waals surface area contributed by atoms with Crippen LogP contribution in [0.25, 0.3) is 0 Å². The van der Waals surface area contributed by atoms with Crippen molar-refractivity contribution in [2.75, 3.05) is 11.4 Å². The van der Waals surface area contributed by atoms with Crippen molar-refractivity contribution in [1.29, 1.82) is 5.26 Å². The van der Waals surface area contributed by atoms with Crippen molar-refractivity contribution in [2.24, 2.45) is 0 Å². The van der Waals surface area contributed by atoms with E-state index in [9.17, 15) is 13.2 Å². The summed E-state index contributed by atoms with van der Waals surface area (Å²) in [6.45, 7) is 2.36. The number of alkyl halides is 3. The van der Waals surface area contributed by atoms with E-state index in [2.05, 4.69) is 15.9 Å². The topological polar surface area (TPSA) is 27.0 Å². The molecule has 0 aliphatic heterocycles. The summed E-state index contributed by atoms with van der Waals surface area (Å²) in [6.07, 6.45) is -4.27. The first kappa shape index (κ1) is 14.8. The molecule has 0 bridgehead atoms. The van der Waals surface area contributed by atoms with Crippen LogP contribution in [0.2, 0.25) is 0 Å². The van der Waals surface area contributed by atoms with Gasteiger partial charge in [-0.15, -0.1) is 0 Å². The minimum Gasteiger partial charge on any atom is -0.359 e. The van der Waals surface area contributed by atoms with E-state index in [0.717, 1.165) is 0 Å². The Balaban J connectivity index is 3.11. The largest absolute Gasteiger partial charge is 0.405 e. The molecule has 0 saturated heterocycles. The van der Waals surface area contributed by atoms with Crippen molar-refractivity contribution in [3.8, 4) is 6.07 Å². The van der Waals surface area contributed by atoms with Gasteiger partial charge in [-0.3, -0.25) is 0 Å². The molecule has 0 fully saturated rings. The number of hydrogen-bond donors (Lipinski definition) is 0. The Kier molecular flexibility index (Phi) is 4.63. The van der Waals surface area contributed by atoms with Crippen molar-refractivity contribution in [3.05, 3.63) is 28.2 Å². The number of rotatable bonds is 3. The van der Waals surface area contributed by atoms with Crippen molar-refractivity contribution in [3.63, 3.8) is 0 Å². The normalized spacial score (nSPS) is 11.4. The first-order chi connectivity index (χ1) is 8.24. The molecule has 0 aliphatic carbocycles. The van der Waals surface area contributed by atoms with Crippen molar-refractivity contribution >= 4 is 21.6 Å². The van der Waals surface area contributed by atoms with E-state index in [1.807, 2.05) is 6.07 Å². The van der Waals surface area contributed by atoms with Crippen LogP contribution in [-0.4, -0.2) is 18.8 Å². The molecule has 0 aliphatic rings. The second kappa shape index (κ2) is 5.61. The van der Waals surface area contributed by atoms with Crippen LogP contribution in [0.4, 0.5) is 18.9 Å². The molecule has 0 radical (unpaired) electrons. The van der Waals surface area contributed by atoms with E-state index in [1.54, 1.807) is 13.8 Å². The predicted molar refractivity (Wildman–Crippen MR) is 67.4 cm³/mol. The van der Waals surface area contributed by atoms with Crippen molar-refractivity contribution < 1.29 is 13.2 Å². The van der Waals surface area contributed by atoms with Crippen molar-refractivity contribution in [2.45, 2.75) is 26.1 Å². The molecule has 18 heavy (non-hydrogen) atoms. The van der Waals surface area contributed by atoms with Crippen LogP contribution in [0.3, 0.4) is 0 Å². The van der Waals surface area contributed by atoms with Gasteiger partial charge in [-0.2, -0.15) is 18.4 Å². The Morgan fingerprint density at radius 2 is 2.00 bits per heavy atom.